The number of rotatable bonds is 3. The molecule has 1 heterocycles. The highest BCUT2D eigenvalue weighted by atomic mass is 19.4. The Morgan fingerprint density at radius 2 is 1.82 bits per heavy atom. The fourth-order valence-electron chi connectivity index (χ4n) is 4.29. The highest BCUT2D eigenvalue weighted by Gasteiger charge is 2.38. The van der Waals surface area contributed by atoms with E-state index in [4.69, 9.17) is 9.47 Å². The van der Waals surface area contributed by atoms with Crippen molar-refractivity contribution in [3.8, 4) is 34.1 Å². The lowest BCUT2D eigenvalue weighted by Gasteiger charge is -2.40. The van der Waals surface area contributed by atoms with Crippen LogP contribution in [0.1, 0.15) is 22.7 Å². The molecule has 0 saturated carbocycles. The van der Waals surface area contributed by atoms with E-state index in [0.717, 1.165) is 24.1 Å². The molecule has 28 heavy (non-hydrogen) atoms. The number of hydrogen-bond acceptors (Lipinski definition) is 5. The molecular weight excluding hydrogens is 375 g/mol. The van der Waals surface area contributed by atoms with Crippen LogP contribution in [0.4, 0.5) is 13.2 Å². The number of likely N-dealkylation sites (N-methyl/N-ethyl adjacent to an activating group) is 1. The van der Waals surface area contributed by atoms with E-state index in [2.05, 4.69) is 9.64 Å². The lowest BCUT2D eigenvalue weighted by atomic mass is 9.76. The van der Waals surface area contributed by atoms with Gasteiger partial charge in [-0.05, 0) is 60.3 Å². The first-order chi connectivity index (χ1) is 13.2. The van der Waals surface area contributed by atoms with Gasteiger partial charge in [0.1, 0.15) is 0 Å². The molecule has 0 bridgehead atoms. The molecule has 0 fully saturated rings. The summed E-state index contributed by atoms with van der Waals surface area (Å²) in [6, 6.07) is 4.60. The second-order valence-corrected chi connectivity index (χ2v) is 7.04. The van der Waals surface area contributed by atoms with Crippen LogP contribution >= 0.6 is 0 Å². The first-order valence-electron chi connectivity index (χ1n) is 8.83. The van der Waals surface area contributed by atoms with Gasteiger partial charge in [0.05, 0.1) is 14.2 Å². The normalized spacial score (nSPS) is 18.3. The van der Waals surface area contributed by atoms with E-state index in [9.17, 15) is 18.3 Å². The smallest absolute Gasteiger partial charge is 0.504 e. The van der Waals surface area contributed by atoms with Crippen LogP contribution in [-0.2, 0) is 12.8 Å². The van der Waals surface area contributed by atoms with Gasteiger partial charge in [-0.1, -0.05) is 0 Å². The molecule has 150 valence electrons. The summed E-state index contributed by atoms with van der Waals surface area (Å²) in [5.41, 5.74) is 4.13. The number of methoxy groups -OCH3 is 2. The van der Waals surface area contributed by atoms with Crippen molar-refractivity contribution in [2.45, 2.75) is 25.2 Å². The number of phenolic OH excluding ortho intramolecular Hbond substituents is 1. The fourth-order valence-corrected chi connectivity index (χ4v) is 4.29. The molecule has 1 aliphatic heterocycles. The van der Waals surface area contributed by atoms with E-state index >= 15 is 0 Å². The number of halogens is 3. The summed E-state index contributed by atoms with van der Waals surface area (Å²) in [4.78, 5) is 2.17. The largest absolute Gasteiger partial charge is 0.573 e. The minimum absolute atomic E-state index is 0.0157. The average molecular weight is 395 g/mol. The number of phenols is 1. The Balaban J connectivity index is 1.99. The zero-order valence-corrected chi connectivity index (χ0v) is 15.7. The minimum atomic E-state index is -4.82. The highest BCUT2D eigenvalue weighted by Crippen LogP contribution is 2.53. The predicted octanol–water partition coefficient (Wildman–Crippen LogP) is 4.06. The Kier molecular flexibility index (Phi) is 4.33. The van der Waals surface area contributed by atoms with Gasteiger partial charge < -0.3 is 19.3 Å². The Labute approximate surface area is 160 Å². The molecule has 0 amide bonds. The maximum Gasteiger partial charge on any atom is 0.573 e. The maximum atomic E-state index is 12.8. The second-order valence-electron chi connectivity index (χ2n) is 7.04. The van der Waals surface area contributed by atoms with E-state index in [0.29, 0.717) is 28.9 Å². The van der Waals surface area contributed by atoms with Crippen LogP contribution in [0, 0.1) is 0 Å². The van der Waals surface area contributed by atoms with E-state index in [1.54, 1.807) is 6.07 Å². The molecule has 1 aliphatic carbocycles. The summed E-state index contributed by atoms with van der Waals surface area (Å²) in [6.07, 6.45) is -3.52. The van der Waals surface area contributed by atoms with Crippen molar-refractivity contribution in [3.05, 3.63) is 34.9 Å². The van der Waals surface area contributed by atoms with Crippen LogP contribution in [-0.4, -0.2) is 44.2 Å². The molecule has 0 saturated heterocycles. The Hall–Kier alpha value is -2.61. The summed E-state index contributed by atoms with van der Waals surface area (Å²) < 4.78 is 53.3. The van der Waals surface area contributed by atoms with Crippen LogP contribution in [0.15, 0.2) is 18.2 Å². The van der Waals surface area contributed by atoms with Crippen molar-refractivity contribution in [2.24, 2.45) is 0 Å². The number of alkyl halides is 3. The van der Waals surface area contributed by atoms with Crippen molar-refractivity contribution < 1.29 is 32.5 Å². The lowest BCUT2D eigenvalue weighted by molar-refractivity contribution is -0.275. The Morgan fingerprint density at radius 1 is 1.07 bits per heavy atom. The van der Waals surface area contributed by atoms with Crippen molar-refractivity contribution in [3.63, 3.8) is 0 Å². The molecule has 0 aromatic heterocycles. The molecular formula is C20H20F3NO4. The molecule has 8 heteroatoms. The summed E-state index contributed by atoms with van der Waals surface area (Å²) in [6.45, 7) is 0.792. The predicted molar refractivity (Wildman–Crippen MR) is 96.1 cm³/mol. The van der Waals surface area contributed by atoms with Gasteiger partial charge in [0.15, 0.2) is 23.0 Å². The lowest BCUT2D eigenvalue weighted by Crippen LogP contribution is -2.35. The van der Waals surface area contributed by atoms with Crippen LogP contribution in [0.5, 0.6) is 23.0 Å². The van der Waals surface area contributed by atoms with E-state index in [-0.39, 0.29) is 23.3 Å². The molecule has 0 spiro atoms. The molecule has 5 nitrogen and oxygen atoms in total. The van der Waals surface area contributed by atoms with Crippen molar-refractivity contribution in [1.29, 1.82) is 0 Å². The first-order valence-corrected chi connectivity index (χ1v) is 8.83. The SMILES string of the molecule is COc1cc2c(cc1OC(F)(F)F)CC1c3c(cc(O)c(OC)c3-2)CCN1C. The van der Waals surface area contributed by atoms with E-state index < -0.39 is 6.36 Å². The summed E-state index contributed by atoms with van der Waals surface area (Å²) in [5.74, 6) is -0.0821. The molecule has 1 unspecified atom stereocenters. The van der Waals surface area contributed by atoms with E-state index in [1.807, 2.05) is 7.05 Å². The van der Waals surface area contributed by atoms with Gasteiger partial charge in [-0.3, -0.25) is 4.90 Å². The number of hydrogen-bond donors (Lipinski definition) is 1. The maximum absolute atomic E-state index is 12.8. The van der Waals surface area contributed by atoms with Gasteiger partial charge in [0, 0.05) is 18.2 Å². The Bertz CT molecular complexity index is 942. The monoisotopic (exact) mass is 395 g/mol. The molecule has 1 atom stereocenters. The van der Waals surface area contributed by atoms with Crippen molar-refractivity contribution >= 4 is 0 Å². The van der Waals surface area contributed by atoms with Gasteiger partial charge in [-0.2, -0.15) is 0 Å². The standard InChI is InChI=1S/C20H20F3NO4/c1-24-5-4-10-7-14(25)19(27-3)18-12-9-15(26-2)16(28-20(21,22)23)8-11(12)6-13(24)17(10)18/h7-9,13,25H,4-6H2,1-3H3. The summed E-state index contributed by atoms with van der Waals surface area (Å²) in [5, 5.41) is 10.5. The molecule has 0 radical (unpaired) electrons. The number of benzene rings is 2. The topological polar surface area (TPSA) is 51.2 Å². The average Bonchev–Trinajstić information content (AvgIpc) is 2.62. The van der Waals surface area contributed by atoms with Crippen LogP contribution in [0.25, 0.3) is 11.1 Å². The molecule has 2 aromatic rings. The zero-order chi connectivity index (χ0) is 20.2. The highest BCUT2D eigenvalue weighted by molar-refractivity contribution is 5.84. The molecule has 4 rings (SSSR count). The van der Waals surface area contributed by atoms with Gasteiger partial charge in [-0.25, -0.2) is 0 Å². The van der Waals surface area contributed by atoms with Gasteiger partial charge in [-0.15, -0.1) is 13.2 Å². The fraction of sp³-hybridized carbons (Fsp3) is 0.400. The number of nitrogens with zero attached hydrogens (tertiary/aromatic N) is 1. The quantitative estimate of drug-likeness (QED) is 0.850. The number of ether oxygens (including phenoxy) is 3. The molecule has 2 aromatic carbocycles. The van der Waals surface area contributed by atoms with Gasteiger partial charge >= 0.3 is 6.36 Å². The molecule has 2 aliphatic rings. The zero-order valence-electron chi connectivity index (χ0n) is 15.7. The van der Waals surface area contributed by atoms with Crippen LogP contribution < -0.4 is 14.2 Å². The van der Waals surface area contributed by atoms with Crippen LogP contribution in [0.3, 0.4) is 0 Å². The minimum Gasteiger partial charge on any atom is -0.504 e. The third-order valence-electron chi connectivity index (χ3n) is 5.49. The van der Waals surface area contributed by atoms with E-state index in [1.165, 1.54) is 26.4 Å². The van der Waals surface area contributed by atoms with Crippen LogP contribution in [0.2, 0.25) is 0 Å². The third kappa shape index (κ3) is 2.92. The van der Waals surface area contributed by atoms with Gasteiger partial charge in [0.25, 0.3) is 0 Å². The summed E-state index contributed by atoms with van der Waals surface area (Å²) >= 11 is 0. The third-order valence-corrected chi connectivity index (χ3v) is 5.49. The summed E-state index contributed by atoms with van der Waals surface area (Å²) in [7, 11) is 4.74. The van der Waals surface area contributed by atoms with Gasteiger partial charge in [0.2, 0.25) is 0 Å². The first kappa shape index (κ1) is 18.7. The number of aromatic hydroxyl groups is 1. The number of fused-ring (bicyclic) bond motifs is 2. The molecule has 1 N–H and O–H groups in total. The Morgan fingerprint density at radius 3 is 2.46 bits per heavy atom. The van der Waals surface area contributed by atoms with Crippen molar-refractivity contribution in [2.75, 3.05) is 27.8 Å². The second kappa shape index (κ2) is 6.48. The van der Waals surface area contributed by atoms with Crippen molar-refractivity contribution in [1.82, 2.24) is 4.90 Å².